The van der Waals surface area contributed by atoms with Gasteiger partial charge in [-0.25, -0.2) is 4.79 Å². The first-order valence-corrected chi connectivity index (χ1v) is 9.74. The number of hydrogen-bond acceptors (Lipinski definition) is 4. The average Bonchev–Trinajstić information content (AvgIpc) is 3.28. The maximum atomic E-state index is 12.3. The van der Waals surface area contributed by atoms with Crippen molar-refractivity contribution in [2.24, 2.45) is 13.0 Å². The number of aryl methyl sites for hydroxylation is 1. The normalized spacial score (nSPS) is 14.7. The summed E-state index contributed by atoms with van der Waals surface area (Å²) in [6.07, 6.45) is 4.45. The van der Waals surface area contributed by atoms with E-state index in [2.05, 4.69) is 20.8 Å². The number of carbonyl (C=O) groups excluding carboxylic acids is 2. The summed E-state index contributed by atoms with van der Waals surface area (Å²) in [4.78, 5) is 26.4. The minimum atomic E-state index is -0.238. The van der Waals surface area contributed by atoms with Gasteiger partial charge in [0.2, 0.25) is 5.91 Å². The van der Waals surface area contributed by atoms with E-state index in [0.717, 1.165) is 23.4 Å². The first kappa shape index (κ1) is 19.9. The fourth-order valence-electron chi connectivity index (χ4n) is 3.39. The Morgan fingerprint density at radius 1 is 1.29 bits per heavy atom. The van der Waals surface area contributed by atoms with Crippen molar-refractivity contribution in [3.63, 3.8) is 0 Å². The van der Waals surface area contributed by atoms with E-state index in [1.807, 2.05) is 49.7 Å². The lowest BCUT2D eigenvalue weighted by Gasteiger charge is -2.29. The summed E-state index contributed by atoms with van der Waals surface area (Å²) in [6, 6.07) is 1.64. The van der Waals surface area contributed by atoms with Crippen molar-refractivity contribution in [1.82, 2.24) is 35.1 Å². The molecule has 3 heterocycles. The van der Waals surface area contributed by atoms with Crippen molar-refractivity contribution in [3.8, 4) is 0 Å². The Balaban J connectivity index is 1.54. The number of fused-ring (bicyclic) bond motifs is 1. The number of rotatable bonds is 6. The highest BCUT2D eigenvalue weighted by atomic mass is 16.2. The third kappa shape index (κ3) is 4.52. The summed E-state index contributed by atoms with van der Waals surface area (Å²) in [5, 5.41) is 14.5. The fraction of sp³-hybridized carbons (Fsp3) is 0.579. The number of urea groups is 1. The molecule has 0 saturated carbocycles. The van der Waals surface area contributed by atoms with Crippen molar-refractivity contribution >= 4 is 11.9 Å². The highest BCUT2D eigenvalue weighted by Crippen LogP contribution is 2.17. The number of nitrogens with one attached hydrogen (secondary N) is 2. The van der Waals surface area contributed by atoms with Gasteiger partial charge in [-0.15, -0.1) is 0 Å². The molecule has 0 saturated heterocycles. The number of carbonyl (C=O) groups is 2. The number of amides is 3. The summed E-state index contributed by atoms with van der Waals surface area (Å²) in [7, 11) is 1.85. The first-order valence-electron chi connectivity index (χ1n) is 9.74. The maximum absolute atomic E-state index is 12.3. The Bertz CT molecular complexity index is 839. The van der Waals surface area contributed by atoms with E-state index in [0.29, 0.717) is 26.2 Å². The van der Waals surface area contributed by atoms with Crippen LogP contribution in [0.5, 0.6) is 0 Å². The van der Waals surface area contributed by atoms with Gasteiger partial charge in [0.1, 0.15) is 0 Å². The molecule has 0 aliphatic carbocycles. The highest BCUT2D eigenvalue weighted by Gasteiger charge is 2.24. The van der Waals surface area contributed by atoms with Crippen LogP contribution in [0.1, 0.15) is 50.2 Å². The van der Waals surface area contributed by atoms with Crippen molar-refractivity contribution in [1.29, 1.82) is 0 Å². The second-order valence-electron chi connectivity index (χ2n) is 7.50. The molecule has 9 nitrogen and oxygen atoms in total. The van der Waals surface area contributed by atoms with Crippen molar-refractivity contribution in [2.45, 2.75) is 52.9 Å². The van der Waals surface area contributed by atoms with Gasteiger partial charge >= 0.3 is 6.03 Å². The summed E-state index contributed by atoms with van der Waals surface area (Å²) in [5.74, 6) is 0.151. The summed E-state index contributed by atoms with van der Waals surface area (Å²) in [6.45, 7) is 8.10. The zero-order valence-corrected chi connectivity index (χ0v) is 17.0. The molecule has 0 aromatic carbocycles. The third-order valence-electron chi connectivity index (χ3n) is 4.92. The van der Waals surface area contributed by atoms with Crippen LogP contribution in [0, 0.1) is 5.92 Å². The minimum absolute atomic E-state index is 0.00868. The van der Waals surface area contributed by atoms with Gasteiger partial charge in [0.05, 0.1) is 43.3 Å². The van der Waals surface area contributed by atoms with Crippen molar-refractivity contribution in [3.05, 3.63) is 35.4 Å². The van der Waals surface area contributed by atoms with E-state index in [1.165, 1.54) is 0 Å². The molecule has 1 aliphatic rings. The van der Waals surface area contributed by atoms with Crippen LogP contribution in [0.3, 0.4) is 0 Å². The second kappa shape index (κ2) is 8.45. The lowest BCUT2D eigenvalue weighted by atomic mass is 10.1. The topological polar surface area (TPSA) is 97.1 Å². The van der Waals surface area contributed by atoms with E-state index >= 15 is 0 Å². The fourth-order valence-corrected chi connectivity index (χ4v) is 3.39. The zero-order valence-electron chi connectivity index (χ0n) is 17.0. The van der Waals surface area contributed by atoms with E-state index in [-0.39, 0.29) is 23.9 Å². The Morgan fingerprint density at radius 2 is 2.07 bits per heavy atom. The van der Waals surface area contributed by atoms with E-state index < -0.39 is 0 Å². The molecule has 0 spiro atoms. The summed E-state index contributed by atoms with van der Waals surface area (Å²) < 4.78 is 3.64. The first-order chi connectivity index (χ1) is 13.4. The molecular weight excluding hydrogens is 358 g/mol. The predicted octanol–water partition coefficient (Wildman–Crippen LogP) is 1.57. The van der Waals surface area contributed by atoms with Gasteiger partial charge in [-0.05, 0) is 12.5 Å². The van der Waals surface area contributed by atoms with Crippen LogP contribution in [0.4, 0.5) is 4.79 Å². The van der Waals surface area contributed by atoms with Crippen LogP contribution in [-0.4, -0.2) is 42.9 Å². The second-order valence-corrected chi connectivity index (χ2v) is 7.50. The van der Waals surface area contributed by atoms with Crippen LogP contribution < -0.4 is 10.6 Å². The molecule has 28 heavy (non-hydrogen) atoms. The van der Waals surface area contributed by atoms with E-state index in [1.54, 1.807) is 10.9 Å². The lowest BCUT2D eigenvalue weighted by molar-refractivity contribution is -0.136. The summed E-state index contributed by atoms with van der Waals surface area (Å²) in [5.41, 5.74) is 2.77. The smallest absolute Gasteiger partial charge is 0.315 e. The maximum Gasteiger partial charge on any atom is 0.315 e. The van der Waals surface area contributed by atoms with Crippen LogP contribution >= 0.6 is 0 Å². The molecule has 0 unspecified atom stereocenters. The van der Waals surface area contributed by atoms with Crippen molar-refractivity contribution in [2.75, 3.05) is 6.54 Å². The van der Waals surface area contributed by atoms with Crippen molar-refractivity contribution < 1.29 is 9.59 Å². The molecule has 152 valence electrons. The van der Waals surface area contributed by atoms with Crippen LogP contribution in [-0.2, 0) is 31.5 Å². The lowest BCUT2D eigenvalue weighted by Crippen LogP contribution is -2.40. The Labute approximate surface area is 165 Å². The number of hydrogen-bond donors (Lipinski definition) is 2. The van der Waals surface area contributed by atoms with Gasteiger partial charge in [-0.1, -0.05) is 20.8 Å². The molecule has 3 amide bonds. The quantitative estimate of drug-likeness (QED) is 0.786. The summed E-state index contributed by atoms with van der Waals surface area (Å²) >= 11 is 0. The zero-order chi connectivity index (χ0) is 20.3. The van der Waals surface area contributed by atoms with Gasteiger partial charge in [0, 0.05) is 31.3 Å². The SMILES string of the molecule is CC[C@@H](NC(=O)NCc1cc2n(n1)CCN(C(=O)C(C)C)C2)c1cnn(C)c1. The van der Waals surface area contributed by atoms with Crippen LogP contribution in [0.25, 0.3) is 0 Å². The average molecular weight is 387 g/mol. The minimum Gasteiger partial charge on any atom is -0.335 e. The molecule has 2 N–H and O–H groups in total. The van der Waals surface area contributed by atoms with Gasteiger partial charge in [-0.3, -0.25) is 14.2 Å². The van der Waals surface area contributed by atoms with Gasteiger partial charge in [0.15, 0.2) is 0 Å². The largest absolute Gasteiger partial charge is 0.335 e. The Morgan fingerprint density at radius 3 is 2.71 bits per heavy atom. The molecule has 2 aromatic rings. The number of aromatic nitrogens is 4. The standard InChI is InChI=1S/C19H29N7O2/c1-5-17(14-9-21-24(4)11-14)22-19(28)20-10-15-8-16-12-25(18(27)13(2)3)6-7-26(16)23-15/h8-9,11,13,17H,5-7,10,12H2,1-4H3,(H2,20,22,28)/t17-/m1/s1. The van der Waals surface area contributed by atoms with Gasteiger partial charge in [0.25, 0.3) is 0 Å². The molecule has 3 rings (SSSR count). The molecule has 9 heteroatoms. The van der Waals surface area contributed by atoms with Crippen LogP contribution in [0.2, 0.25) is 0 Å². The predicted molar refractivity (Wildman–Crippen MR) is 104 cm³/mol. The van der Waals surface area contributed by atoms with E-state index in [4.69, 9.17) is 0 Å². The molecule has 1 aliphatic heterocycles. The molecule has 0 bridgehead atoms. The molecule has 2 aromatic heterocycles. The van der Waals surface area contributed by atoms with Gasteiger partial charge < -0.3 is 15.5 Å². The molecule has 0 radical (unpaired) electrons. The Kier molecular flexibility index (Phi) is 6.01. The third-order valence-corrected chi connectivity index (χ3v) is 4.92. The molecule has 1 atom stereocenters. The van der Waals surface area contributed by atoms with E-state index in [9.17, 15) is 9.59 Å². The monoisotopic (exact) mass is 387 g/mol. The number of nitrogens with zero attached hydrogens (tertiary/aromatic N) is 5. The van der Waals surface area contributed by atoms with Crippen LogP contribution in [0.15, 0.2) is 18.5 Å². The molecular formula is C19H29N7O2. The van der Waals surface area contributed by atoms with Gasteiger partial charge in [-0.2, -0.15) is 10.2 Å². The Hall–Kier alpha value is -2.84. The molecule has 0 fully saturated rings. The highest BCUT2D eigenvalue weighted by molar-refractivity contribution is 5.78.